The van der Waals surface area contributed by atoms with Crippen LogP contribution in [0.15, 0.2) is 30.3 Å². The Labute approximate surface area is 177 Å². The van der Waals surface area contributed by atoms with E-state index < -0.39 is 0 Å². The van der Waals surface area contributed by atoms with Gasteiger partial charge in [-0.2, -0.15) is 0 Å². The lowest BCUT2D eigenvalue weighted by atomic mass is 10.1. The standard InChI is InChI=1S/C23H28N2O5/c1-27-20-7-5-18(21(28-2)22(20)29-3)15-24-9-11-25(12-10-24)23(26)17-4-6-19-16(14-17)8-13-30-19/h4-7,14H,8-13,15H2,1-3H3. The van der Waals surface area contributed by atoms with Gasteiger partial charge in [0, 0.05) is 50.3 Å². The van der Waals surface area contributed by atoms with Crippen LogP contribution in [0.25, 0.3) is 0 Å². The summed E-state index contributed by atoms with van der Waals surface area (Å²) in [7, 11) is 4.86. The number of methoxy groups -OCH3 is 3. The molecule has 30 heavy (non-hydrogen) atoms. The SMILES string of the molecule is COc1ccc(CN2CCN(C(=O)c3ccc4c(c3)CCO4)CC2)c(OC)c1OC. The first-order valence-corrected chi connectivity index (χ1v) is 10.2. The van der Waals surface area contributed by atoms with Gasteiger partial charge in [-0.3, -0.25) is 9.69 Å². The molecule has 0 aliphatic carbocycles. The molecule has 0 N–H and O–H groups in total. The first-order valence-electron chi connectivity index (χ1n) is 10.2. The molecule has 0 unspecified atom stereocenters. The van der Waals surface area contributed by atoms with Crippen LogP contribution >= 0.6 is 0 Å². The van der Waals surface area contributed by atoms with E-state index in [1.54, 1.807) is 21.3 Å². The molecule has 2 aromatic carbocycles. The molecule has 0 radical (unpaired) electrons. The fourth-order valence-electron chi connectivity index (χ4n) is 4.14. The van der Waals surface area contributed by atoms with Gasteiger partial charge in [0.25, 0.3) is 5.91 Å². The lowest BCUT2D eigenvalue weighted by Crippen LogP contribution is -2.48. The number of piperazine rings is 1. The fourth-order valence-corrected chi connectivity index (χ4v) is 4.14. The summed E-state index contributed by atoms with van der Waals surface area (Å²) < 4.78 is 22.0. The minimum absolute atomic E-state index is 0.0908. The van der Waals surface area contributed by atoms with Crippen molar-refractivity contribution in [2.45, 2.75) is 13.0 Å². The molecular weight excluding hydrogens is 384 g/mol. The maximum Gasteiger partial charge on any atom is 0.253 e. The number of amides is 1. The highest BCUT2D eigenvalue weighted by molar-refractivity contribution is 5.94. The second kappa shape index (κ2) is 8.83. The third-order valence-electron chi connectivity index (χ3n) is 5.78. The predicted molar refractivity (Wildman–Crippen MR) is 113 cm³/mol. The molecule has 2 heterocycles. The average molecular weight is 412 g/mol. The van der Waals surface area contributed by atoms with Gasteiger partial charge >= 0.3 is 0 Å². The number of fused-ring (bicyclic) bond motifs is 1. The van der Waals surface area contributed by atoms with Crippen molar-refractivity contribution in [3.05, 3.63) is 47.0 Å². The third kappa shape index (κ3) is 3.89. The smallest absolute Gasteiger partial charge is 0.253 e. The molecule has 2 aliphatic heterocycles. The van der Waals surface area contributed by atoms with Gasteiger partial charge in [0.2, 0.25) is 5.75 Å². The van der Waals surface area contributed by atoms with Crippen molar-refractivity contribution in [3.8, 4) is 23.0 Å². The van der Waals surface area contributed by atoms with Gasteiger partial charge in [-0.25, -0.2) is 0 Å². The van der Waals surface area contributed by atoms with E-state index in [0.717, 1.165) is 48.5 Å². The van der Waals surface area contributed by atoms with Crippen LogP contribution in [0.3, 0.4) is 0 Å². The number of rotatable bonds is 6. The second-order valence-corrected chi connectivity index (χ2v) is 7.48. The van der Waals surface area contributed by atoms with Crippen LogP contribution in [0, 0.1) is 0 Å². The summed E-state index contributed by atoms with van der Waals surface area (Å²) >= 11 is 0. The fraction of sp³-hybridized carbons (Fsp3) is 0.435. The second-order valence-electron chi connectivity index (χ2n) is 7.48. The Bertz CT molecular complexity index is 922. The Morgan fingerprint density at radius 1 is 0.967 bits per heavy atom. The highest BCUT2D eigenvalue weighted by Crippen LogP contribution is 2.40. The third-order valence-corrected chi connectivity index (χ3v) is 5.78. The van der Waals surface area contributed by atoms with E-state index in [0.29, 0.717) is 36.9 Å². The molecular formula is C23H28N2O5. The van der Waals surface area contributed by atoms with Crippen molar-refractivity contribution in [2.24, 2.45) is 0 Å². The van der Waals surface area contributed by atoms with Gasteiger partial charge in [-0.05, 0) is 29.8 Å². The van der Waals surface area contributed by atoms with Crippen LogP contribution in [0.4, 0.5) is 0 Å². The van der Waals surface area contributed by atoms with E-state index in [-0.39, 0.29) is 5.91 Å². The van der Waals surface area contributed by atoms with Crippen LogP contribution in [0.5, 0.6) is 23.0 Å². The molecule has 7 nitrogen and oxygen atoms in total. The van der Waals surface area contributed by atoms with Gasteiger partial charge in [0.05, 0.1) is 27.9 Å². The number of nitrogens with zero attached hydrogens (tertiary/aromatic N) is 2. The maximum absolute atomic E-state index is 12.9. The lowest BCUT2D eigenvalue weighted by Gasteiger charge is -2.35. The Hall–Kier alpha value is -2.93. The maximum atomic E-state index is 12.9. The van der Waals surface area contributed by atoms with E-state index in [9.17, 15) is 4.79 Å². The number of hydrogen-bond donors (Lipinski definition) is 0. The molecule has 4 rings (SSSR count). The summed E-state index contributed by atoms with van der Waals surface area (Å²) in [5.41, 5.74) is 2.91. The van der Waals surface area contributed by atoms with Gasteiger partial charge in [-0.15, -0.1) is 0 Å². The highest BCUT2D eigenvalue weighted by atomic mass is 16.5. The highest BCUT2D eigenvalue weighted by Gasteiger charge is 2.25. The average Bonchev–Trinajstić information content (AvgIpc) is 3.26. The molecule has 2 aromatic rings. The van der Waals surface area contributed by atoms with Gasteiger partial charge in [0.1, 0.15) is 5.75 Å². The summed E-state index contributed by atoms with van der Waals surface area (Å²) in [6, 6.07) is 9.66. The zero-order valence-electron chi connectivity index (χ0n) is 17.8. The van der Waals surface area contributed by atoms with Crippen molar-refractivity contribution in [2.75, 3.05) is 54.1 Å². The Morgan fingerprint density at radius 2 is 1.73 bits per heavy atom. The van der Waals surface area contributed by atoms with E-state index in [2.05, 4.69) is 4.90 Å². The van der Waals surface area contributed by atoms with Gasteiger partial charge in [0.15, 0.2) is 11.5 Å². The number of hydrogen-bond acceptors (Lipinski definition) is 6. The van der Waals surface area contributed by atoms with Crippen molar-refractivity contribution in [1.82, 2.24) is 9.80 Å². The lowest BCUT2D eigenvalue weighted by molar-refractivity contribution is 0.0627. The molecule has 1 saturated heterocycles. The van der Waals surface area contributed by atoms with E-state index in [1.165, 1.54) is 0 Å². The van der Waals surface area contributed by atoms with E-state index in [1.807, 2.05) is 35.2 Å². The summed E-state index contributed by atoms with van der Waals surface area (Å²) in [4.78, 5) is 17.2. The number of benzene rings is 2. The molecule has 0 saturated carbocycles. The molecule has 0 bridgehead atoms. The molecule has 1 amide bonds. The van der Waals surface area contributed by atoms with E-state index in [4.69, 9.17) is 18.9 Å². The summed E-state index contributed by atoms with van der Waals surface area (Å²) in [5.74, 6) is 2.93. The molecule has 0 aromatic heterocycles. The minimum atomic E-state index is 0.0908. The number of carbonyl (C=O) groups is 1. The van der Waals surface area contributed by atoms with E-state index >= 15 is 0 Å². The summed E-state index contributed by atoms with van der Waals surface area (Å²) in [6.07, 6.45) is 0.872. The number of carbonyl (C=O) groups excluding carboxylic acids is 1. The van der Waals surface area contributed by atoms with Crippen LogP contribution < -0.4 is 18.9 Å². The van der Waals surface area contributed by atoms with Gasteiger partial charge < -0.3 is 23.8 Å². The Morgan fingerprint density at radius 3 is 2.43 bits per heavy atom. The molecule has 0 atom stereocenters. The van der Waals surface area contributed by atoms with Crippen LogP contribution in [0.1, 0.15) is 21.5 Å². The predicted octanol–water partition coefficient (Wildman–Crippen LogP) is 2.61. The quantitative estimate of drug-likeness (QED) is 0.727. The van der Waals surface area contributed by atoms with Crippen LogP contribution in [-0.4, -0.2) is 69.8 Å². The first-order chi connectivity index (χ1) is 14.6. The largest absolute Gasteiger partial charge is 0.493 e. The molecule has 7 heteroatoms. The van der Waals surface area contributed by atoms with Crippen molar-refractivity contribution < 1.29 is 23.7 Å². The summed E-state index contributed by atoms with van der Waals surface area (Å²) in [6.45, 7) is 4.42. The molecule has 160 valence electrons. The molecule has 1 fully saturated rings. The molecule has 0 spiro atoms. The van der Waals surface area contributed by atoms with Gasteiger partial charge in [-0.1, -0.05) is 6.07 Å². The summed E-state index contributed by atoms with van der Waals surface area (Å²) in [5, 5.41) is 0. The van der Waals surface area contributed by atoms with Crippen molar-refractivity contribution in [3.63, 3.8) is 0 Å². The number of ether oxygens (including phenoxy) is 4. The normalized spacial score (nSPS) is 16.0. The first kappa shape index (κ1) is 20.3. The minimum Gasteiger partial charge on any atom is -0.493 e. The zero-order valence-corrected chi connectivity index (χ0v) is 17.8. The van der Waals surface area contributed by atoms with Crippen LogP contribution in [0.2, 0.25) is 0 Å². The van der Waals surface area contributed by atoms with Crippen LogP contribution in [-0.2, 0) is 13.0 Å². The van der Waals surface area contributed by atoms with Crippen molar-refractivity contribution in [1.29, 1.82) is 0 Å². The van der Waals surface area contributed by atoms with Crippen molar-refractivity contribution >= 4 is 5.91 Å². The topological polar surface area (TPSA) is 60.5 Å². The Balaban J connectivity index is 1.40. The monoisotopic (exact) mass is 412 g/mol. The molecule has 2 aliphatic rings. The Kier molecular flexibility index (Phi) is 5.99. The zero-order chi connectivity index (χ0) is 21.1.